The zero-order valence-corrected chi connectivity index (χ0v) is 23.4. The van der Waals surface area contributed by atoms with Gasteiger partial charge in [0.2, 0.25) is 5.91 Å². The predicted octanol–water partition coefficient (Wildman–Crippen LogP) is 8.13. The summed E-state index contributed by atoms with van der Waals surface area (Å²) >= 11 is 0. The summed E-state index contributed by atoms with van der Waals surface area (Å²) in [6.45, 7) is 10.1. The van der Waals surface area contributed by atoms with E-state index in [0.29, 0.717) is 13.0 Å². The molecule has 5 rings (SSSR count). The molecule has 0 fully saturated rings. The van der Waals surface area contributed by atoms with E-state index in [4.69, 9.17) is 0 Å². The van der Waals surface area contributed by atoms with E-state index in [9.17, 15) is 4.79 Å². The summed E-state index contributed by atoms with van der Waals surface area (Å²) in [5, 5.41) is 4.36. The van der Waals surface area contributed by atoms with Crippen LogP contribution in [0.3, 0.4) is 0 Å². The van der Waals surface area contributed by atoms with Crippen LogP contribution in [0.1, 0.15) is 66.5 Å². The minimum atomic E-state index is -0.0565. The Kier molecular flexibility index (Phi) is 7.70. The van der Waals surface area contributed by atoms with Crippen molar-refractivity contribution in [2.45, 2.75) is 58.5 Å². The molecule has 0 aliphatic heterocycles. The number of aryl methyl sites for hydroxylation is 1. The SMILES string of the molecule is Cc1ccc(Cn2cc([C@@H](CC(=O)NCc3ccccc3)c3ccc(C(C)(C)C)cc3)c3ccccc32)cc1. The van der Waals surface area contributed by atoms with Crippen LogP contribution in [0.4, 0.5) is 0 Å². The third-order valence-corrected chi connectivity index (χ3v) is 7.57. The lowest BCUT2D eigenvalue weighted by Gasteiger charge is -2.22. The van der Waals surface area contributed by atoms with Crippen molar-refractivity contribution in [3.05, 3.63) is 143 Å². The molecule has 0 unspecified atom stereocenters. The largest absolute Gasteiger partial charge is 0.352 e. The van der Waals surface area contributed by atoms with Crippen LogP contribution < -0.4 is 5.32 Å². The highest BCUT2D eigenvalue weighted by atomic mass is 16.1. The van der Waals surface area contributed by atoms with Gasteiger partial charge in [-0.05, 0) is 46.2 Å². The molecule has 1 atom stereocenters. The Morgan fingerprint density at radius 3 is 2.15 bits per heavy atom. The number of benzene rings is 4. The number of fused-ring (bicyclic) bond motifs is 1. The molecule has 0 aliphatic carbocycles. The molecule has 1 N–H and O–H groups in total. The molecule has 3 heteroatoms. The number of aromatic nitrogens is 1. The minimum absolute atomic E-state index is 0.0547. The second kappa shape index (κ2) is 11.3. The molecule has 0 bridgehead atoms. The van der Waals surface area contributed by atoms with Crippen LogP contribution in [0.2, 0.25) is 0 Å². The van der Waals surface area contributed by atoms with Crippen LogP contribution >= 0.6 is 0 Å². The van der Waals surface area contributed by atoms with Crippen LogP contribution in [-0.2, 0) is 23.3 Å². The zero-order valence-electron chi connectivity index (χ0n) is 23.4. The van der Waals surface area contributed by atoms with Crippen molar-refractivity contribution >= 4 is 16.8 Å². The lowest BCUT2D eigenvalue weighted by atomic mass is 9.83. The van der Waals surface area contributed by atoms with Crippen molar-refractivity contribution in [3.8, 4) is 0 Å². The Morgan fingerprint density at radius 2 is 1.46 bits per heavy atom. The second-order valence-electron chi connectivity index (χ2n) is 11.6. The van der Waals surface area contributed by atoms with E-state index in [-0.39, 0.29) is 17.2 Å². The Labute approximate surface area is 232 Å². The number of rotatable bonds is 8. The van der Waals surface area contributed by atoms with Gasteiger partial charge in [-0.1, -0.05) is 123 Å². The van der Waals surface area contributed by atoms with Gasteiger partial charge >= 0.3 is 0 Å². The standard InChI is InChI=1S/C36H38N2O/c1-26-14-16-28(17-15-26)24-38-25-33(31-12-8-9-13-34(31)38)32(29-18-20-30(21-19-29)36(2,3)4)22-35(39)37-23-27-10-6-5-7-11-27/h5-21,25,32H,22-24H2,1-4H3,(H,37,39)/t32-/m0/s1. The number of nitrogens with zero attached hydrogens (tertiary/aromatic N) is 1. The highest BCUT2D eigenvalue weighted by molar-refractivity contribution is 5.87. The zero-order chi connectivity index (χ0) is 27.4. The normalized spacial score (nSPS) is 12.4. The molecule has 198 valence electrons. The van der Waals surface area contributed by atoms with E-state index in [0.717, 1.165) is 17.7 Å². The summed E-state index contributed by atoms with van der Waals surface area (Å²) < 4.78 is 2.33. The Morgan fingerprint density at radius 1 is 0.795 bits per heavy atom. The summed E-state index contributed by atoms with van der Waals surface area (Å²) in [5.74, 6) is -0.00178. The van der Waals surface area contributed by atoms with Crippen LogP contribution in [0, 0.1) is 6.92 Å². The number of carbonyl (C=O) groups excluding carboxylic acids is 1. The van der Waals surface area contributed by atoms with Crippen molar-refractivity contribution in [1.82, 2.24) is 9.88 Å². The average molecular weight is 515 g/mol. The van der Waals surface area contributed by atoms with Crippen molar-refractivity contribution < 1.29 is 4.79 Å². The minimum Gasteiger partial charge on any atom is -0.352 e. The first-order valence-electron chi connectivity index (χ1n) is 13.8. The van der Waals surface area contributed by atoms with E-state index < -0.39 is 0 Å². The highest BCUT2D eigenvalue weighted by Crippen LogP contribution is 2.36. The molecule has 3 nitrogen and oxygen atoms in total. The summed E-state index contributed by atoms with van der Waals surface area (Å²) in [5.41, 5.74) is 8.54. The third kappa shape index (κ3) is 6.31. The first-order valence-corrected chi connectivity index (χ1v) is 13.8. The van der Waals surface area contributed by atoms with Crippen LogP contribution in [0.25, 0.3) is 10.9 Å². The van der Waals surface area contributed by atoms with Crippen LogP contribution in [0.5, 0.6) is 0 Å². The van der Waals surface area contributed by atoms with Crippen molar-refractivity contribution in [1.29, 1.82) is 0 Å². The lowest BCUT2D eigenvalue weighted by molar-refractivity contribution is -0.121. The van der Waals surface area contributed by atoms with E-state index in [1.807, 2.05) is 30.3 Å². The molecule has 0 radical (unpaired) electrons. The van der Waals surface area contributed by atoms with E-state index in [1.54, 1.807) is 0 Å². The Hall–Kier alpha value is -4.11. The Balaban J connectivity index is 1.51. The van der Waals surface area contributed by atoms with Gasteiger partial charge in [0.25, 0.3) is 0 Å². The number of nitrogens with one attached hydrogen (secondary N) is 1. The first-order chi connectivity index (χ1) is 18.8. The maximum Gasteiger partial charge on any atom is 0.221 e. The first kappa shape index (κ1) is 26.5. The fraction of sp³-hybridized carbons (Fsp3) is 0.250. The molecule has 1 heterocycles. The van der Waals surface area contributed by atoms with Crippen LogP contribution in [0.15, 0.2) is 109 Å². The molecule has 4 aromatic carbocycles. The molecule has 1 amide bonds. The number of para-hydroxylation sites is 1. The van der Waals surface area contributed by atoms with Gasteiger partial charge in [-0.2, -0.15) is 0 Å². The fourth-order valence-corrected chi connectivity index (χ4v) is 5.25. The van der Waals surface area contributed by atoms with Crippen LogP contribution in [-0.4, -0.2) is 10.5 Å². The third-order valence-electron chi connectivity index (χ3n) is 7.57. The van der Waals surface area contributed by atoms with E-state index >= 15 is 0 Å². The number of carbonyl (C=O) groups is 1. The van der Waals surface area contributed by atoms with Crippen molar-refractivity contribution in [2.24, 2.45) is 0 Å². The van der Waals surface area contributed by atoms with E-state index in [1.165, 1.54) is 33.2 Å². The second-order valence-corrected chi connectivity index (χ2v) is 11.6. The number of hydrogen-bond acceptors (Lipinski definition) is 1. The van der Waals surface area contributed by atoms with Gasteiger partial charge in [-0.3, -0.25) is 4.79 Å². The number of amides is 1. The topological polar surface area (TPSA) is 34.0 Å². The molecular formula is C36H38N2O. The molecular weight excluding hydrogens is 476 g/mol. The van der Waals surface area contributed by atoms with E-state index in [2.05, 4.69) is 117 Å². The number of hydrogen-bond donors (Lipinski definition) is 1. The Bertz CT molecular complexity index is 1540. The van der Waals surface area contributed by atoms with Gasteiger partial charge in [0.15, 0.2) is 0 Å². The summed E-state index contributed by atoms with van der Waals surface area (Å²) in [6, 6.07) is 36.2. The molecule has 0 saturated heterocycles. The molecule has 0 saturated carbocycles. The van der Waals surface area contributed by atoms with Crippen molar-refractivity contribution in [2.75, 3.05) is 0 Å². The van der Waals surface area contributed by atoms with Crippen molar-refractivity contribution in [3.63, 3.8) is 0 Å². The molecule has 0 aliphatic rings. The predicted molar refractivity (Wildman–Crippen MR) is 162 cm³/mol. The van der Waals surface area contributed by atoms with Gasteiger partial charge in [-0.25, -0.2) is 0 Å². The maximum absolute atomic E-state index is 13.3. The van der Waals surface area contributed by atoms with Gasteiger partial charge in [0.1, 0.15) is 0 Å². The van der Waals surface area contributed by atoms with Gasteiger partial charge in [0.05, 0.1) is 0 Å². The smallest absolute Gasteiger partial charge is 0.221 e. The average Bonchev–Trinajstić information content (AvgIpc) is 3.30. The fourth-order valence-electron chi connectivity index (χ4n) is 5.25. The monoisotopic (exact) mass is 514 g/mol. The summed E-state index contributed by atoms with van der Waals surface area (Å²) in [6.07, 6.45) is 2.65. The molecule has 0 spiro atoms. The lowest BCUT2D eigenvalue weighted by Crippen LogP contribution is -2.25. The van der Waals surface area contributed by atoms with Gasteiger partial charge < -0.3 is 9.88 Å². The quantitative estimate of drug-likeness (QED) is 0.223. The van der Waals surface area contributed by atoms with Gasteiger partial charge in [0, 0.05) is 42.5 Å². The highest BCUT2D eigenvalue weighted by Gasteiger charge is 2.24. The summed E-state index contributed by atoms with van der Waals surface area (Å²) in [4.78, 5) is 13.3. The molecule has 1 aromatic heterocycles. The summed E-state index contributed by atoms with van der Waals surface area (Å²) in [7, 11) is 0. The maximum atomic E-state index is 13.3. The molecule has 39 heavy (non-hydrogen) atoms. The molecule has 5 aromatic rings. The van der Waals surface area contributed by atoms with Gasteiger partial charge in [-0.15, -0.1) is 0 Å².